The Morgan fingerprint density at radius 3 is 2.58 bits per heavy atom. The van der Waals surface area contributed by atoms with Crippen LogP contribution in [0.3, 0.4) is 0 Å². The van der Waals surface area contributed by atoms with Crippen molar-refractivity contribution in [3.05, 3.63) is 36.4 Å². The van der Waals surface area contributed by atoms with Crippen molar-refractivity contribution in [1.82, 2.24) is 20.3 Å². The second kappa shape index (κ2) is 5.32. The van der Waals surface area contributed by atoms with Crippen LogP contribution >= 0.6 is 0 Å². The molecule has 1 aliphatic rings. The van der Waals surface area contributed by atoms with Crippen molar-refractivity contribution in [1.29, 1.82) is 0 Å². The number of rotatable bonds is 2. The SMILES string of the molecule is Cc1nc(-c2ccncc2)cc(N2CCNCC2)n1. The van der Waals surface area contributed by atoms with Crippen LogP contribution in [0.15, 0.2) is 30.6 Å². The van der Waals surface area contributed by atoms with E-state index < -0.39 is 0 Å². The summed E-state index contributed by atoms with van der Waals surface area (Å²) in [5.74, 6) is 1.82. The third-order valence-corrected chi connectivity index (χ3v) is 3.24. The number of pyridine rings is 1. The highest BCUT2D eigenvalue weighted by Gasteiger charge is 2.13. The van der Waals surface area contributed by atoms with Gasteiger partial charge in [0.25, 0.3) is 0 Å². The normalized spacial score (nSPS) is 15.5. The summed E-state index contributed by atoms with van der Waals surface area (Å²) in [6, 6.07) is 6.01. The average Bonchev–Trinajstić information content (AvgIpc) is 2.48. The van der Waals surface area contributed by atoms with E-state index in [9.17, 15) is 0 Å². The van der Waals surface area contributed by atoms with E-state index >= 15 is 0 Å². The first-order chi connectivity index (χ1) is 9.33. The van der Waals surface area contributed by atoms with Crippen molar-refractivity contribution < 1.29 is 0 Å². The summed E-state index contributed by atoms with van der Waals surface area (Å²) in [4.78, 5) is 15.4. The molecule has 19 heavy (non-hydrogen) atoms. The molecule has 98 valence electrons. The Labute approximate surface area is 112 Å². The molecular weight excluding hydrogens is 238 g/mol. The monoisotopic (exact) mass is 255 g/mol. The lowest BCUT2D eigenvalue weighted by molar-refractivity contribution is 0.584. The van der Waals surface area contributed by atoms with E-state index in [1.165, 1.54) is 0 Å². The summed E-state index contributed by atoms with van der Waals surface area (Å²) in [5.41, 5.74) is 2.04. The van der Waals surface area contributed by atoms with Gasteiger partial charge in [-0.3, -0.25) is 4.98 Å². The van der Waals surface area contributed by atoms with Crippen LogP contribution in [0.2, 0.25) is 0 Å². The highest BCUT2D eigenvalue weighted by atomic mass is 15.2. The predicted octanol–water partition coefficient (Wildman–Crippen LogP) is 1.26. The maximum atomic E-state index is 4.55. The summed E-state index contributed by atoms with van der Waals surface area (Å²) in [6.07, 6.45) is 3.58. The number of hydrogen-bond acceptors (Lipinski definition) is 5. The quantitative estimate of drug-likeness (QED) is 0.875. The zero-order valence-electron chi connectivity index (χ0n) is 11.0. The molecule has 2 aromatic heterocycles. The van der Waals surface area contributed by atoms with Gasteiger partial charge in [0.15, 0.2) is 0 Å². The Morgan fingerprint density at radius 2 is 1.84 bits per heavy atom. The lowest BCUT2D eigenvalue weighted by atomic mass is 10.2. The Hall–Kier alpha value is -2.01. The molecule has 1 fully saturated rings. The number of aryl methyl sites for hydroxylation is 1. The molecule has 2 aromatic rings. The second-order valence-electron chi connectivity index (χ2n) is 4.63. The fraction of sp³-hybridized carbons (Fsp3) is 0.357. The van der Waals surface area contributed by atoms with Crippen LogP contribution in [0, 0.1) is 6.92 Å². The van der Waals surface area contributed by atoms with E-state index in [4.69, 9.17) is 0 Å². The maximum absolute atomic E-state index is 4.55. The molecule has 0 aromatic carbocycles. The molecule has 5 heteroatoms. The Kier molecular flexibility index (Phi) is 3.37. The van der Waals surface area contributed by atoms with Crippen LogP contribution in [0.1, 0.15) is 5.82 Å². The molecule has 3 rings (SSSR count). The largest absolute Gasteiger partial charge is 0.354 e. The number of aromatic nitrogens is 3. The molecule has 3 heterocycles. The van der Waals surface area contributed by atoms with Gasteiger partial charge in [0.05, 0.1) is 5.69 Å². The number of anilines is 1. The fourth-order valence-electron chi connectivity index (χ4n) is 2.28. The van der Waals surface area contributed by atoms with Gasteiger partial charge in [0.2, 0.25) is 0 Å². The minimum Gasteiger partial charge on any atom is -0.354 e. The molecule has 5 nitrogen and oxygen atoms in total. The summed E-state index contributed by atoms with van der Waals surface area (Å²) in [5, 5.41) is 3.35. The predicted molar refractivity (Wildman–Crippen MR) is 75.1 cm³/mol. The number of hydrogen-bond donors (Lipinski definition) is 1. The smallest absolute Gasteiger partial charge is 0.132 e. The number of nitrogens with zero attached hydrogens (tertiary/aromatic N) is 4. The molecule has 0 saturated carbocycles. The number of nitrogens with one attached hydrogen (secondary N) is 1. The van der Waals surface area contributed by atoms with Crippen LogP contribution in [-0.4, -0.2) is 41.1 Å². The zero-order chi connectivity index (χ0) is 13.1. The van der Waals surface area contributed by atoms with Gasteiger partial charge in [-0.05, 0) is 19.1 Å². The van der Waals surface area contributed by atoms with Gasteiger partial charge in [-0.1, -0.05) is 0 Å². The third kappa shape index (κ3) is 2.71. The van der Waals surface area contributed by atoms with Crippen molar-refractivity contribution in [3.8, 4) is 11.3 Å². The molecule has 1 saturated heterocycles. The van der Waals surface area contributed by atoms with Crippen LogP contribution in [-0.2, 0) is 0 Å². The first-order valence-electron chi connectivity index (χ1n) is 6.55. The topological polar surface area (TPSA) is 53.9 Å². The first-order valence-corrected chi connectivity index (χ1v) is 6.55. The maximum Gasteiger partial charge on any atom is 0.132 e. The summed E-state index contributed by atoms with van der Waals surface area (Å²) < 4.78 is 0. The molecule has 1 aliphatic heterocycles. The highest BCUT2D eigenvalue weighted by molar-refractivity contribution is 5.62. The molecule has 1 N–H and O–H groups in total. The Morgan fingerprint density at radius 1 is 1.11 bits per heavy atom. The van der Waals surface area contributed by atoms with E-state index in [1.807, 2.05) is 19.1 Å². The van der Waals surface area contributed by atoms with E-state index in [1.54, 1.807) is 12.4 Å². The molecule has 0 bridgehead atoms. The van der Waals surface area contributed by atoms with Crippen LogP contribution < -0.4 is 10.2 Å². The lowest BCUT2D eigenvalue weighted by Gasteiger charge is -2.28. The fourth-order valence-corrected chi connectivity index (χ4v) is 2.28. The van der Waals surface area contributed by atoms with E-state index in [0.717, 1.165) is 49.1 Å². The summed E-state index contributed by atoms with van der Waals surface area (Å²) >= 11 is 0. The molecular formula is C14H17N5. The Bertz CT molecular complexity index is 549. The van der Waals surface area contributed by atoms with Gasteiger partial charge in [-0.2, -0.15) is 0 Å². The highest BCUT2D eigenvalue weighted by Crippen LogP contribution is 2.21. The van der Waals surface area contributed by atoms with Gasteiger partial charge >= 0.3 is 0 Å². The van der Waals surface area contributed by atoms with Gasteiger partial charge < -0.3 is 10.2 Å². The summed E-state index contributed by atoms with van der Waals surface area (Å²) in [6.45, 7) is 5.94. The van der Waals surface area contributed by atoms with Crippen molar-refractivity contribution in [3.63, 3.8) is 0 Å². The van der Waals surface area contributed by atoms with Crippen LogP contribution in [0.4, 0.5) is 5.82 Å². The van der Waals surface area contributed by atoms with Gasteiger partial charge in [-0.25, -0.2) is 9.97 Å². The molecule has 0 amide bonds. The average molecular weight is 255 g/mol. The van der Waals surface area contributed by atoms with Gasteiger partial charge in [0, 0.05) is 50.2 Å². The van der Waals surface area contributed by atoms with Gasteiger partial charge in [0.1, 0.15) is 11.6 Å². The van der Waals surface area contributed by atoms with E-state index in [-0.39, 0.29) is 0 Å². The minimum atomic E-state index is 0.808. The van der Waals surface area contributed by atoms with Crippen LogP contribution in [0.25, 0.3) is 11.3 Å². The van der Waals surface area contributed by atoms with Crippen molar-refractivity contribution >= 4 is 5.82 Å². The van der Waals surface area contributed by atoms with Crippen molar-refractivity contribution in [2.75, 3.05) is 31.1 Å². The minimum absolute atomic E-state index is 0.808. The molecule has 0 aliphatic carbocycles. The third-order valence-electron chi connectivity index (χ3n) is 3.24. The summed E-state index contributed by atoms with van der Waals surface area (Å²) in [7, 11) is 0. The molecule has 0 spiro atoms. The van der Waals surface area contributed by atoms with E-state index in [2.05, 4.69) is 31.2 Å². The molecule has 0 unspecified atom stereocenters. The second-order valence-corrected chi connectivity index (χ2v) is 4.63. The Balaban J connectivity index is 1.96. The first kappa shape index (κ1) is 12.0. The van der Waals surface area contributed by atoms with Crippen molar-refractivity contribution in [2.24, 2.45) is 0 Å². The van der Waals surface area contributed by atoms with Crippen LogP contribution in [0.5, 0.6) is 0 Å². The van der Waals surface area contributed by atoms with Crippen molar-refractivity contribution in [2.45, 2.75) is 6.92 Å². The zero-order valence-corrected chi connectivity index (χ0v) is 11.0. The number of piperazine rings is 1. The molecule has 0 atom stereocenters. The van der Waals surface area contributed by atoms with Gasteiger partial charge in [-0.15, -0.1) is 0 Å². The molecule has 0 radical (unpaired) electrons. The lowest BCUT2D eigenvalue weighted by Crippen LogP contribution is -2.44. The van der Waals surface area contributed by atoms with E-state index in [0.29, 0.717) is 0 Å². The standard InChI is InChI=1S/C14H17N5/c1-11-17-13(12-2-4-15-5-3-12)10-14(18-11)19-8-6-16-7-9-19/h2-5,10,16H,6-9H2,1H3.